The lowest BCUT2D eigenvalue weighted by Gasteiger charge is -2.14. The van der Waals surface area contributed by atoms with Crippen molar-refractivity contribution in [1.29, 1.82) is 0 Å². The molecule has 3 aromatic rings. The van der Waals surface area contributed by atoms with E-state index < -0.39 is 11.7 Å². The molecule has 0 aliphatic heterocycles. The third-order valence-electron chi connectivity index (χ3n) is 3.90. The number of hydrogen-bond donors (Lipinski definition) is 1. The first kappa shape index (κ1) is 21.7. The van der Waals surface area contributed by atoms with Crippen molar-refractivity contribution < 1.29 is 18.7 Å². The first-order valence-electron chi connectivity index (χ1n) is 8.71. The van der Waals surface area contributed by atoms with Crippen molar-refractivity contribution in [3.05, 3.63) is 58.6 Å². The predicted molar refractivity (Wildman–Crippen MR) is 114 cm³/mol. The van der Waals surface area contributed by atoms with Crippen LogP contribution < -0.4 is 14.8 Å². The summed E-state index contributed by atoms with van der Waals surface area (Å²) in [5.41, 5.74) is 1.90. The van der Waals surface area contributed by atoms with Crippen LogP contribution in [0.15, 0.2) is 36.5 Å². The molecule has 2 aromatic heterocycles. The first-order valence-corrected chi connectivity index (χ1v) is 9.90. The van der Waals surface area contributed by atoms with Crippen LogP contribution in [0.3, 0.4) is 0 Å². The average Bonchev–Trinajstić information content (AvgIpc) is 3.15. The zero-order valence-corrected chi connectivity index (χ0v) is 18.0. The van der Waals surface area contributed by atoms with Gasteiger partial charge in [-0.1, -0.05) is 23.3 Å². The number of aryl methyl sites for hydroxylation is 1. The minimum atomic E-state index is -0.693. The molecule has 0 spiro atoms. The molecule has 30 heavy (non-hydrogen) atoms. The van der Waals surface area contributed by atoms with Crippen LogP contribution in [0.2, 0.25) is 5.02 Å². The molecule has 156 valence electrons. The Labute approximate surface area is 181 Å². The van der Waals surface area contributed by atoms with Gasteiger partial charge in [-0.25, -0.2) is 4.39 Å². The summed E-state index contributed by atoms with van der Waals surface area (Å²) in [4.78, 5) is 17.1. The number of carbonyl (C=O) groups excluding carboxylic acids is 1. The maximum Gasteiger partial charge on any atom is 0.296 e. The monoisotopic (exact) mass is 448 g/mol. The molecule has 0 aliphatic rings. The lowest BCUT2D eigenvalue weighted by Crippen LogP contribution is -2.14. The van der Waals surface area contributed by atoms with Crippen LogP contribution in [0.5, 0.6) is 10.9 Å². The summed E-state index contributed by atoms with van der Waals surface area (Å²) in [7, 11) is 1.41. The largest absolute Gasteiger partial charge is 0.496 e. The van der Waals surface area contributed by atoms with Gasteiger partial charge in [0.25, 0.3) is 11.1 Å². The van der Waals surface area contributed by atoms with Crippen LogP contribution >= 0.6 is 22.9 Å². The van der Waals surface area contributed by atoms with E-state index in [1.165, 1.54) is 25.4 Å². The summed E-state index contributed by atoms with van der Waals surface area (Å²) in [6.07, 6.45) is 1.36. The molecule has 0 radical (unpaired) electrons. The van der Waals surface area contributed by atoms with Gasteiger partial charge in [-0.05, 0) is 49.0 Å². The molecule has 1 amide bonds. The number of pyridine rings is 1. The summed E-state index contributed by atoms with van der Waals surface area (Å²) in [5.74, 6) is -0.994. The van der Waals surface area contributed by atoms with Crippen molar-refractivity contribution in [2.75, 3.05) is 19.0 Å². The summed E-state index contributed by atoms with van der Waals surface area (Å²) in [6, 6.07) is 4.52. The van der Waals surface area contributed by atoms with E-state index in [9.17, 15) is 9.18 Å². The van der Waals surface area contributed by atoms with Gasteiger partial charge in [0.2, 0.25) is 5.13 Å². The van der Waals surface area contributed by atoms with Crippen molar-refractivity contribution in [2.24, 2.45) is 0 Å². The van der Waals surface area contributed by atoms with Crippen molar-refractivity contribution >= 4 is 34.0 Å². The minimum absolute atomic E-state index is 0.0726. The minimum Gasteiger partial charge on any atom is -0.496 e. The number of aromatic nitrogens is 3. The normalized spacial score (nSPS) is 10.6. The van der Waals surface area contributed by atoms with Crippen molar-refractivity contribution in [3.63, 3.8) is 0 Å². The average molecular weight is 449 g/mol. The molecule has 3 rings (SSSR count). The fourth-order valence-electron chi connectivity index (χ4n) is 2.57. The van der Waals surface area contributed by atoms with Crippen LogP contribution in [0.4, 0.5) is 9.52 Å². The molecule has 0 saturated heterocycles. The number of nitrogens with one attached hydrogen (secondary N) is 1. The van der Waals surface area contributed by atoms with Crippen LogP contribution in [0, 0.1) is 12.7 Å². The SMILES string of the molecule is C=C(C)COc1nnc(NC(=O)c2cnc(C)cc2-c2c(OC)ccc(Cl)c2F)s1. The van der Waals surface area contributed by atoms with Gasteiger partial charge in [0.05, 0.1) is 23.3 Å². The highest BCUT2D eigenvalue weighted by Crippen LogP contribution is 2.38. The Morgan fingerprint density at radius 2 is 2.13 bits per heavy atom. The second kappa shape index (κ2) is 9.19. The van der Waals surface area contributed by atoms with E-state index in [0.717, 1.165) is 16.9 Å². The Hall–Kier alpha value is -3.04. The number of ether oxygens (including phenoxy) is 2. The van der Waals surface area contributed by atoms with E-state index in [2.05, 4.69) is 27.1 Å². The maximum absolute atomic E-state index is 14.9. The number of halogens is 2. The quantitative estimate of drug-likeness (QED) is 0.516. The van der Waals surface area contributed by atoms with E-state index in [-0.39, 0.29) is 32.2 Å². The number of methoxy groups -OCH3 is 1. The van der Waals surface area contributed by atoms with E-state index in [4.69, 9.17) is 21.1 Å². The van der Waals surface area contributed by atoms with Crippen molar-refractivity contribution in [1.82, 2.24) is 15.2 Å². The molecular weight excluding hydrogens is 431 g/mol. The number of hydrogen-bond acceptors (Lipinski definition) is 7. The van der Waals surface area contributed by atoms with E-state index >= 15 is 0 Å². The van der Waals surface area contributed by atoms with Gasteiger partial charge >= 0.3 is 0 Å². The summed E-state index contributed by atoms with van der Waals surface area (Å²) >= 11 is 7.02. The zero-order valence-electron chi connectivity index (χ0n) is 16.5. The Balaban J connectivity index is 1.96. The molecule has 7 nitrogen and oxygen atoms in total. The predicted octanol–water partition coefficient (Wildman–Crippen LogP) is 4.92. The first-order chi connectivity index (χ1) is 14.3. The van der Waals surface area contributed by atoms with E-state index in [1.54, 1.807) is 13.0 Å². The molecule has 10 heteroatoms. The molecule has 1 aromatic carbocycles. The van der Waals surface area contributed by atoms with Crippen molar-refractivity contribution in [3.8, 4) is 22.1 Å². The van der Waals surface area contributed by atoms with Crippen LogP contribution in [0.25, 0.3) is 11.1 Å². The molecule has 0 unspecified atom stereocenters. The maximum atomic E-state index is 14.9. The van der Waals surface area contributed by atoms with Gasteiger partial charge in [-0.2, -0.15) is 0 Å². The molecule has 0 bridgehead atoms. The van der Waals surface area contributed by atoms with E-state index in [1.807, 2.05) is 6.92 Å². The van der Waals surface area contributed by atoms with Crippen LogP contribution in [-0.2, 0) is 0 Å². The number of benzene rings is 1. The van der Waals surface area contributed by atoms with Crippen molar-refractivity contribution in [2.45, 2.75) is 13.8 Å². The standard InChI is InChI=1S/C20H18ClFN4O3S/c1-10(2)9-29-20-26-25-19(30-20)24-18(27)13-8-23-11(3)7-12(13)16-15(28-4)6-5-14(21)17(16)22/h5-8H,1,9H2,2-4H3,(H,24,25,27). The second-order valence-electron chi connectivity index (χ2n) is 6.38. The molecule has 1 N–H and O–H groups in total. The highest BCUT2D eigenvalue weighted by molar-refractivity contribution is 7.17. The second-order valence-corrected chi connectivity index (χ2v) is 7.73. The molecule has 0 saturated carbocycles. The number of rotatable bonds is 7. The lowest BCUT2D eigenvalue weighted by atomic mass is 9.98. The third-order valence-corrected chi connectivity index (χ3v) is 4.94. The Morgan fingerprint density at radius 1 is 1.37 bits per heavy atom. The number of carbonyl (C=O) groups is 1. The zero-order chi connectivity index (χ0) is 21.8. The summed E-state index contributed by atoms with van der Waals surface area (Å²) in [6.45, 7) is 7.59. The Bertz CT molecular complexity index is 1120. The molecule has 0 fully saturated rings. The Kier molecular flexibility index (Phi) is 6.63. The number of anilines is 1. The molecule has 2 heterocycles. The van der Waals surface area contributed by atoms with Crippen LogP contribution in [0.1, 0.15) is 23.0 Å². The van der Waals surface area contributed by atoms with Crippen LogP contribution in [-0.4, -0.2) is 34.8 Å². The highest BCUT2D eigenvalue weighted by Gasteiger charge is 2.23. The fourth-order valence-corrected chi connectivity index (χ4v) is 3.32. The molecule has 0 atom stereocenters. The fraction of sp³-hybridized carbons (Fsp3) is 0.200. The summed E-state index contributed by atoms with van der Waals surface area (Å²) in [5, 5.41) is 10.8. The van der Waals surface area contributed by atoms with Gasteiger partial charge in [0.1, 0.15) is 12.4 Å². The molecule has 0 aliphatic carbocycles. The third kappa shape index (κ3) is 4.74. The van der Waals surface area contributed by atoms with Gasteiger partial charge < -0.3 is 9.47 Å². The van der Waals surface area contributed by atoms with Gasteiger partial charge in [-0.15, -0.1) is 5.10 Å². The summed E-state index contributed by atoms with van der Waals surface area (Å²) < 4.78 is 25.6. The lowest BCUT2D eigenvalue weighted by molar-refractivity contribution is 0.102. The van der Waals surface area contributed by atoms with E-state index in [0.29, 0.717) is 17.9 Å². The topological polar surface area (TPSA) is 86.2 Å². The number of nitrogens with zero attached hydrogens (tertiary/aromatic N) is 3. The highest BCUT2D eigenvalue weighted by atomic mass is 35.5. The van der Waals surface area contributed by atoms with Gasteiger partial charge in [-0.3, -0.25) is 15.1 Å². The number of amides is 1. The Morgan fingerprint density at radius 3 is 2.83 bits per heavy atom. The van der Waals surface area contributed by atoms with Gasteiger partial charge in [0, 0.05) is 17.5 Å². The smallest absolute Gasteiger partial charge is 0.296 e. The molecular formula is C20H18ClFN4O3S. The van der Waals surface area contributed by atoms with Gasteiger partial charge in [0.15, 0.2) is 5.82 Å².